The molecule has 2 atom stereocenters. The zero-order valence-corrected chi connectivity index (χ0v) is 14.4. The van der Waals surface area contributed by atoms with E-state index in [4.69, 9.17) is 0 Å². The Morgan fingerprint density at radius 2 is 2.09 bits per heavy atom. The minimum Gasteiger partial charge on any atom is -0.478 e. The minimum absolute atomic E-state index is 0. The van der Waals surface area contributed by atoms with Crippen LogP contribution in [0.4, 0.5) is 0 Å². The molecule has 2 heterocycles. The van der Waals surface area contributed by atoms with Crippen LogP contribution in [0.25, 0.3) is 11.4 Å². The van der Waals surface area contributed by atoms with Crippen molar-refractivity contribution in [3.8, 4) is 11.4 Å². The quantitative estimate of drug-likeness (QED) is 0.883. The lowest BCUT2D eigenvalue weighted by atomic mass is 9.99. The van der Waals surface area contributed by atoms with E-state index in [0.717, 1.165) is 25.2 Å². The molecule has 3 rings (SSSR count). The highest BCUT2D eigenvalue weighted by Crippen LogP contribution is 2.29. The lowest BCUT2D eigenvalue weighted by Gasteiger charge is -2.30. The molecule has 0 radical (unpaired) electrons. The van der Waals surface area contributed by atoms with Gasteiger partial charge in [-0.2, -0.15) is 0 Å². The van der Waals surface area contributed by atoms with Crippen molar-refractivity contribution >= 4 is 30.8 Å². The fourth-order valence-electron chi connectivity index (χ4n) is 3.04. The summed E-state index contributed by atoms with van der Waals surface area (Å²) in [6.45, 7) is 3.15. The molecule has 1 saturated heterocycles. The fourth-order valence-corrected chi connectivity index (χ4v) is 3.04. The van der Waals surface area contributed by atoms with Crippen molar-refractivity contribution in [1.29, 1.82) is 0 Å². The number of halogens is 2. The number of aromatic nitrogens is 2. The number of carboxylic acid groups (broad SMARTS) is 1. The summed E-state index contributed by atoms with van der Waals surface area (Å²) in [5.41, 5.74) is 0.980. The van der Waals surface area contributed by atoms with E-state index in [1.807, 2.05) is 18.3 Å². The Labute approximate surface area is 147 Å². The average molecular weight is 358 g/mol. The molecule has 5 nitrogen and oxygen atoms in total. The van der Waals surface area contributed by atoms with E-state index in [9.17, 15) is 9.90 Å². The van der Waals surface area contributed by atoms with Crippen LogP contribution in [0.5, 0.6) is 0 Å². The summed E-state index contributed by atoms with van der Waals surface area (Å²) < 4.78 is 2.12. The number of hydrogen-bond donors (Lipinski definition) is 2. The van der Waals surface area contributed by atoms with Gasteiger partial charge in [0.25, 0.3) is 0 Å². The first kappa shape index (κ1) is 19.5. The third-order valence-corrected chi connectivity index (χ3v) is 4.06. The number of nitrogens with zero attached hydrogens (tertiary/aromatic N) is 2. The number of hydrogen-bond acceptors (Lipinski definition) is 3. The molecule has 0 spiro atoms. The Balaban J connectivity index is 0.00000132. The van der Waals surface area contributed by atoms with Gasteiger partial charge in [0.1, 0.15) is 5.82 Å². The number of imidazole rings is 1. The van der Waals surface area contributed by atoms with E-state index in [2.05, 4.69) is 21.8 Å². The van der Waals surface area contributed by atoms with Gasteiger partial charge in [0.05, 0.1) is 5.56 Å². The first-order chi connectivity index (χ1) is 10.2. The summed E-state index contributed by atoms with van der Waals surface area (Å²) in [5.74, 6) is -0.175. The van der Waals surface area contributed by atoms with Gasteiger partial charge in [-0.05, 0) is 32.4 Å². The second-order valence-corrected chi connectivity index (χ2v) is 5.54. The van der Waals surface area contributed by atoms with Crippen molar-refractivity contribution in [3.05, 3.63) is 42.2 Å². The van der Waals surface area contributed by atoms with Crippen LogP contribution in [0.1, 0.15) is 36.2 Å². The molecule has 2 N–H and O–H groups in total. The molecule has 1 aromatic heterocycles. The zero-order chi connectivity index (χ0) is 14.8. The number of rotatable bonds is 3. The summed E-state index contributed by atoms with van der Waals surface area (Å²) in [5, 5.41) is 12.8. The summed E-state index contributed by atoms with van der Waals surface area (Å²) in [6.07, 6.45) is 5.76. The Bertz CT molecular complexity index is 660. The van der Waals surface area contributed by atoms with Crippen molar-refractivity contribution < 1.29 is 9.90 Å². The van der Waals surface area contributed by atoms with E-state index in [1.165, 1.54) is 0 Å². The van der Waals surface area contributed by atoms with E-state index >= 15 is 0 Å². The number of nitrogens with one attached hydrogen (secondary N) is 1. The van der Waals surface area contributed by atoms with Gasteiger partial charge in [-0.3, -0.25) is 0 Å². The Kier molecular flexibility index (Phi) is 7.06. The zero-order valence-electron chi connectivity index (χ0n) is 12.8. The molecule has 0 unspecified atom stereocenters. The molecule has 1 aliphatic rings. The molecule has 0 bridgehead atoms. The summed E-state index contributed by atoms with van der Waals surface area (Å²) in [7, 11) is 0. The average Bonchev–Trinajstić information content (AvgIpc) is 2.96. The van der Waals surface area contributed by atoms with Crippen LogP contribution in [-0.2, 0) is 0 Å². The standard InChI is InChI=1S/C16H19N3O2.2ClH/c1-11-10-12(6-7-17-11)19-9-8-18-15(19)13-4-2-3-5-14(13)16(20)21;;/h2-5,8-9,11-12,17H,6-7,10H2,1H3,(H,20,21);2*1H/t11-,12+;;/m0../s1. The predicted molar refractivity (Wildman–Crippen MR) is 94.9 cm³/mol. The van der Waals surface area contributed by atoms with Crippen LogP contribution >= 0.6 is 24.8 Å². The summed E-state index contributed by atoms with van der Waals surface area (Å²) in [6, 6.07) is 7.88. The molecular formula is C16H21Cl2N3O2. The van der Waals surface area contributed by atoms with Crippen LogP contribution in [0.3, 0.4) is 0 Å². The van der Waals surface area contributed by atoms with Crippen molar-refractivity contribution in [3.63, 3.8) is 0 Å². The second kappa shape index (κ2) is 8.34. The van der Waals surface area contributed by atoms with Crippen molar-refractivity contribution in [2.45, 2.75) is 31.8 Å². The first-order valence-electron chi connectivity index (χ1n) is 7.25. The highest BCUT2D eigenvalue weighted by molar-refractivity contribution is 5.95. The van der Waals surface area contributed by atoms with Gasteiger partial charge in [-0.15, -0.1) is 24.8 Å². The van der Waals surface area contributed by atoms with E-state index < -0.39 is 5.97 Å². The summed E-state index contributed by atoms with van der Waals surface area (Å²) >= 11 is 0. The molecule has 0 aliphatic carbocycles. The number of aromatic carboxylic acids is 1. The van der Waals surface area contributed by atoms with E-state index in [0.29, 0.717) is 23.2 Å². The van der Waals surface area contributed by atoms with Gasteiger partial charge < -0.3 is 15.0 Å². The van der Waals surface area contributed by atoms with Crippen LogP contribution in [0.15, 0.2) is 36.7 Å². The highest BCUT2D eigenvalue weighted by Gasteiger charge is 2.23. The van der Waals surface area contributed by atoms with E-state index in [1.54, 1.807) is 18.3 Å². The Hall–Kier alpha value is -1.56. The Morgan fingerprint density at radius 1 is 1.35 bits per heavy atom. The van der Waals surface area contributed by atoms with Crippen molar-refractivity contribution in [1.82, 2.24) is 14.9 Å². The number of carboxylic acids is 1. The SMILES string of the molecule is C[C@H]1C[C@H](n2ccnc2-c2ccccc2C(=O)O)CCN1.Cl.Cl. The lowest BCUT2D eigenvalue weighted by molar-refractivity contribution is 0.0697. The largest absolute Gasteiger partial charge is 0.478 e. The van der Waals surface area contributed by atoms with Crippen molar-refractivity contribution in [2.24, 2.45) is 0 Å². The molecule has 1 fully saturated rings. The Morgan fingerprint density at radius 3 is 2.78 bits per heavy atom. The predicted octanol–water partition coefficient (Wildman–Crippen LogP) is 3.40. The molecule has 1 aliphatic heterocycles. The topological polar surface area (TPSA) is 67.2 Å². The molecule has 23 heavy (non-hydrogen) atoms. The maximum absolute atomic E-state index is 11.4. The molecule has 2 aromatic rings. The fraction of sp³-hybridized carbons (Fsp3) is 0.375. The molecule has 7 heteroatoms. The number of benzene rings is 1. The van der Waals surface area contributed by atoms with Gasteiger partial charge in [-0.25, -0.2) is 9.78 Å². The van der Waals surface area contributed by atoms with E-state index in [-0.39, 0.29) is 24.8 Å². The maximum Gasteiger partial charge on any atom is 0.336 e. The normalized spacial score (nSPS) is 20.2. The lowest BCUT2D eigenvalue weighted by Crippen LogP contribution is -2.36. The number of carbonyl (C=O) groups is 1. The monoisotopic (exact) mass is 357 g/mol. The molecule has 0 amide bonds. The maximum atomic E-state index is 11.4. The third-order valence-electron chi connectivity index (χ3n) is 4.06. The molecule has 126 valence electrons. The smallest absolute Gasteiger partial charge is 0.336 e. The second-order valence-electron chi connectivity index (χ2n) is 5.54. The minimum atomic E-state index is -0.918. The summed E-state index contributed by atoms with van der Waals surface area (Å²) in [4.78, 5) is 15.8. The van der Waals surface area contributed by atoms with Gasteiger partial charge in [0.2, 0.25) is 0 Å². The van der Waals surface area contributed by atoms with Gasteiger partial charge in [0, 0.05) is 30.0 Å². The van der Waals surface area contributed by atoms with Crippen LogP contribution in [0, 0.1) is 0 Å². The third kappa shape index (κ3) is 4.05. The van der Waals surface area contributed by atoms with Gasteiger partial charge >= 0.3 is 5.97 Å². The highest BCUT2D eigenvalue weighted by atomic mass is 35.5. The van der Waals surface area contributed by atoms with Crippen LogP contribution in [-0.4, -0.2) is 33.2 Å². The number of piperidine rings is 1. The molecular weight excluding hydrogens is 337 g/mol. The van der Waals surface area contributed by atoms with Crippen molar-refractivity contribution in [2.75, 3.05) is 6.54 Å². The van der Waals surface area contributed by atoms with Gasteiger partial charge in [-0.1, -0.05) is 18.2 Å². The first-order valence-corrected chi connectivity index (χ1v) is 7.25. The van der Waals surface area contributed by atoms with Crippen LogP contribution in [0.2, 0.25) is 0 Å². The van der Waals surface area contributed by atoms with Crippen LogP contribution < -0.4 is 5.32 Å². The van der Waals surface area contributed by atoms with Gasteiger partial charge in [0.15, 0.2) is 0 Å². The molecule has 1 aromatic carbocycles. The molecule has 0 saturated carbocycles.